The molecule has 16 heavy (non-hydrogen) atoms. The van der Waals surface area contributed by atoms with Gasteiger partial charge in [-0.25, -0.2) is 0 Å². The summed E-state index contributed by atoms with van der Waals surface area (Å²) in [6.07, 6.45) is 5.91. The first-order chi connectivity index (χ1) is 7.92. The molecule has 0 saturated carbocycles. The number of hydrogen-bond acceptors (Lipinski definition) is 4. The third-order valence-corrected chi connectivity index (χ3v) is 3.04. The summed E-state index contributed by atoms with van der Waals surface area (Å²) in [7, 11) is 0. The Morgan fingerprint density at radius 2 is 2.44 bits per heavy atom. The Morgan fingerprint density at radius 3 is 3.19 bits per heavy atom. The number of nitrogens with zero attached hydrogens (tertiary/aromatic N) is 3. The van der Waals surface area contributed by atoms with Crippen molar-refractivity contribution in [3.05, 3.63) is 30.7 Å². The van der Waals surface area contributed by atoms with E-state index in [1.54, 1.807) is 24.2 Å². The van der Waals surface area contributed by atoms with Crippen molar-refractivity contribution in [3.63, 3.8) is 0 Å². The topological polar surface area (TPSA) is 65.4 Å². The molecule has 0 radical (unpaired) electrons. The van der Waals surface area contributed by atoms with Gasteiger partial charge in [0, 0.05) is 36.3 Å². The minimum atomic E-state index is 0.544. The second kappa shape index (κ2) is 5.33. The van der Waals surface area contributed by atoms with Gasteiger partial charge in [-0.15, -0.1) is 11.8 Å². The molecule has 0 aliphatic carbocycles. The van der Waals surface area contributed by atoms with Crippen LogP contribution in [-0.4, -0.2) is 20.9 Å². The van der Waals surface area contributed by atoms with Crippen molar-refractivity contribution >= 4 is 11.8 Å². The van der Waals surface area contributed by atoms with E-state index in [0.29, 0.717) is 6.42 Å². The predicted octanol–water partition coefficient (Wildman–Crippen LogP) is 2.48. The van der Waals surface area contributed by atoms with E-state index >= 15 is 0 Å². The van der Waals surface area contributed by atoms with E-state index in [2.05, 4.69) is 21.3 Å². The summed E-state index contributed by atoms with van der Waals surface area (Å²) in [5.41, 5.74) is 1.89. The van der Waals surface area contributed by atoms with Gasteiger partial charge in [-0.3, -0.25) is 10.1 Å². The first-order valence-corrected chi connectivity index (χ1v) is 5.84. The molecule has 0 amide bonds. The maximum atomic E-state index is 8.48. The lowest BCUT2D eigenvalue weighted by Gasteiger charge is -1.99. The highest BCUT2D eigenvalue weighted by atomic mass is 32.2. The van der Waals surface area contributed by atoms with Crippen molar-refractivity contribution in [2.75, 3.05) is 5.75 Å². The zero-order chi connectivity index (χ0) is 11.2. The zero-order valence-corrected chi connectivity index (χ0v) is 9.37. The van der Waals surface area contributed by atoms with E-state index < -0.39 is 0 Å². The molecule has 0 aliphatic heterocycles. The normalized spacial score (nSPS) is 9.94. The first kappa shape index (κ1) is 10.7. The van der Waals surface area contributed by atoms with Crippen molar-refractivity contribution in [2.45, 2.75) is 11.3 Å². The number of aromatic nitrogens is 3. The molecule has 5 heteroatoms. The fraction of sp³-hybridized carbons (Fsp3) is 0.182. The maximum absolute atomic E-state index is 8.48. The highest BCUT2D eigenvalue weighted by Gasteiger charge is 2.08. The van der Waals surface area contributed by atoms with Gasteiger partial charge in [0.2, 0.25) is 0 Å². The number of nitrogens with one attached hydrogen (secondary N) is 1. The minimum Gasteiger partial charge on any atom is -0.284 e. The molecule has 2 aromatic rings. The molecule has 0 aromatic carbocycles. The van der Waals surface area contributed by atoms with Gasteiger partial charge in [0.05, 0.1) is 11.0 Å². The van der Waals surface area contributed by atoms with Gasteiger partial charge in [-0.2, -0.15) is 10.4 Å². The van der Waals surface area contributed by atoms with E-state index in [1.807, 2.05) is 18.3 Å². The van der Waals surface area contributed by atoms with Gasteiger partial charge >= 0.3 is 0 Å². The van der Waals surface area contributed by atoms with E-state index in [0.717, 1.165) is 21.9 Å². The lowest BCUT2D eigenvalue weighted by Crippen LogP contribution is -1.83. The number of pyridine rings is 1. The average molecular weight is 230 g/mol. The van der Waals surface area contributed by atoms with Gasteiger partial charge in [-0.05, 0) is 12.1 Å². The van der Waals surface area contributed by atoms with Crippen molar-refractivity contribution in [3.8, 4) is 17.3 Å². The maximum Gasteiger partial charge on any atom is 0.107 e. The summed E-state index contributed by atoms with van der Waals surface area (Å²) in [6, 6.07) is 5.98. The number of nitriles is 1. The third kappa shape index (κ3) is 2.41. The van der Waals surface area contributed by atoms with E-state index in [4.69, 9.17) is 5.26 Å². The van der Waals surface area contributed by atoms with Gasteiger partial charge in [0.15, 0.2) is 0 Å². The van der Waals surface area contributed by atoms with Crippen LogP contribution in [0.5, 0.6) is 0 Å². The Hall–Kier alpha value is -1.80. The van der Waals surface area contributed by atoms with Crippen LogP contribution in [0.25, 0.3) is 11.3 Å². The number of thioether (sulfide) groups is 1. The van der Waals surface area contributed by atoms with Crippen LogP contribution in [0.1, 0.15) is 6.42 Å². The summed E-state index contributed by atoms with van der Waals surface area (Å²) in [5, 5.41) is 15.5. The van der Waals surface area contributed by atoms with Gasteiger partial charge in [0.25, 0.3) is 0 Å². The highest BCUT2D eigenvalue weighted by molar-refractivity contribution is 7.99. The molecule has 0 saturated heterocycles. The average Bonchev–Trinajstić information content (AvgIpc) is 2.79. The quantitative estimate of drug-likeness (QED) is 0.647. The molecule has 0 fully saturated rings. The Balaban J connectivity index is 2.17. The minimum absolute atomic E-state index is 0.544. The largest absolute Gasteiger partial charge is 0.284 e. The molecular weight excluding hydrogens is 220 g/mol. The molecule has 0 aliphatic rings. The summed E-state index contributed by atoms with van der Waals surface area (Å²) < 4.78 is 0. The van der Waals surface area contributed by atoms with Crippen LogP contribution in [0, 0.1) is 11.3 Å². The molecule has 0 atom stereocenters. The molecule has 80 valence electrons. The summed E-state index contributed by atoms with van der Waals surface area (Å²) >= 11 is 1.63. The molecule has 1 N–H and O–H groups in total. The molecule has 0 bridgehead atoms. The summed E-state index contributed by atoms with van der Waals surface area (Å²) in [6.45, 7) is 0. The lowest BCUT2D eigenvalue weighted by molar-refractivity contribution is 1.09. The van der Waals surface area contributed by atoms with Crippen molar-refractivity contribution < 1.29 is 0 Å². The molecular formula is C11H10N4S. The van der Waals surface area contributed by atoms with Crippen LogP contribution in [0.15, 0.2) is 35.6 Å². The number of hydrogen-bond donors (Lipinski definition) is 1. The first-order valence-electron chi connectivity index (χ1n) is 4.85. The van der Waals surface area contributed by atoms with Crippen LogP contribution >= 0.6 is 11.8 Å². The van der Waals surface area contributed by atoms with Crippen LogP contribution < -0.4 is 0 Å². The molecule has 2 aromatic heterocycles. The van der Waals surface area contributed by atoms with E-state index in [9.17, 15) is 0 Å². The SMILES string of the molecule is N#CCCSc1c[nH]nc1-c1cccnc1. The van der Waals surface area contributed by atoms with Crippen LogP contribution in [0.2, 0.25) is 0 Å². The summed E-state index contributed by atoms with van der Waals surface area (Å²) in [4.78, 5) is 5.12. The van der Waals surface area contributed by atoms with E-state index in [-0.39, 0.29) is 0 Å². The Kier molecular flexibility index (Phi) is 3.57. The molecule has 0 unspecified atom stereocenters. The second-order valence-electron chi connectivity index (χ2n) is 3.10. The van der Waals surface area contributed by atoms with Crippen molar-refractivity contribution in [2.24, 2.45) is 0 Å². The third-order valence-electron chi connectivity index (χ3n) is 2.01. The van der Waals surface area contributed by atoms with Crippen LogP contribution in [0.3, 0.4) is 0 Å². The summed E-state index contributed by atoms with van der Waals surface area (Å²) in [5.74, 6) is 0.781. The van der Waals surface area contributed by atoms with Gasteiger partial charge in [0.1, 0.15) is 5.69 Å². The van der Waals surface area contributed by atoms with Gasteiger partial charge < -0.3 is 0 Å². The number of rotatable bonds is 4. The fourth-order valence-electron chi connectivity index (χ4n) is 1.31. The second-order valence-corrected chi connectivity index (χ2v) is 4.23. The van der Waals surface area contributed by atoms with Crippen molar-refractivity contribution in [1.82, 2.24) is 15.2 Å². The smallest absolute Gasteiger partial charge is 0.107 e. The number of H-pyrrole nitrogens is 1. The lowest BCUT2D eigenvalue weighted by atomic mass is 10.2. The van der Waals surface area contributed by atoms with Gasteiger partial charge in [-0.1, -0.05) is 0 Å². The standard InChI is InChI=1S/C11H10N4S/c12-4-2-6-16-10-8-14-15-11(10)9-3-1-5-13-7-9/h1,3,5,7-8H,2,6H2,(H,14,15). The molecule has 2 rings (SSSR count). The number of aromatic amines is 1. The molecule has 4 nitrogen and oxygen atoms in total. The van der Waals surface area contributed by atoms with Crippen LogP contribution in [0.4, 0.5) is 0 Å². The highest BCUT2D eigenvalue weighted by Crippen LogP contribution is 2.28. The molecule has 2 heterocycles. The fourth-order valence-corrected chi connectivity index (χ4v) is 2.15. The van der Waals surface area contributed by atoms with Crippen LogP contribution in [-0.2, 0) is 0 Å². The predicted molar refractivity (Wildman–Crippen MR) is 62.8 cm³/mol. The Bertz CT molecular complexity index is 486. The monoisotopic (exact) mass is 230 g/mol. The zero-order valence-electron chi connectivity index (χ0n) is 8.55. The van der Waals surface area contributed by atoms with Crippen molar-refractivity contribution in [1.29, 1.82) is 5.26 Å². The Morgan fingerprint density at radius 1 is 1.50 bits per heavy atom. The molecule has 0 spiro atoms. The Labute approximate surface area is 97.7 Å². The van der Waals surface area contributed by atoms with E-state index in [1.165, 1.54) is 0 Å².